The highest BCUT2D eigenvalue weighted by Crippen LogP contribution is 2.43. The highest BCUT2D eigenvalue weighted by molar-refractivity contribution is 5.74. The largest absolute Gasteiger partial charge is 0.294 e. The predicted octanol–water partition coefficient (Wildman–Crippen LogP) is 2.56. The van der Waals surface area contributed by atoms with Gasteiger partial charge in [0, 0.05) is 13.0 Å². The molecule has 20 heavy (non-hydrogen) atoms. The van der Waals surface area contributed by atoms with Crippen molar-refractivity contribution in [1.82, 2.24) is 15.1 Å². The summed E-state index contributed by atoms with van der Waals surface area (Å²) in [5.41, 5.74) is 3.42. The first-order chi connectivity index (χ1) is 9.84. The van der Waals surface area contributed by atoms with Crippen LogP contribution in [-0.4, -0.2) is 28.2 Å². The Labute approximate surface area is 117 Å². The molecule has 2 aromatic carbocycles. The van der Waals surface area contributed by atoms with Gasteiger partial charge in [0.25, 0.3) is 0 Å². The van der Waals surface area contributed by atoms with Gasteiger partial charge in [-0.2, -0.15) is 4.79 Å². The number of nitrogens with zero attached hydrogens (tertiary/aromatic N) is 4. The van der Waals surface area contributed by atoms with Gasteiger partial charge >= 0.3 is 0 Å². The Morgan fingerprint density at radius 2 is 1.80 bits per heavy atom. The van der Waals surface area contributed by atoms with Crippen molar-refractivity contribution in [2.45, 2.75) is 18.4 Å². The van der Waals surface area contributed by atoms with Crippen molar-refractivity contribution in [3.8, 4) is 0 Å². The first kappa shape index (κ1) is 11.5. The maximum atomic E-state index is 4.28. The van der Waals surface area contributed by atoms with Gasteiger partial charge in [0.15, 0.2) is 0 Å². The second-order valence-corrected chi connectivity index (χ2v) is 5.36. The van der Waals surface area contributed by atoms with Gasteiger partial charge in [0.1, 0.15) is 11.0 Å². The van der Waals surface area contributed by atoms with E-state index in [0.717, 1.165) is 11.0 Å². The third-order valence-electron chi connectivity index (χ3n) is 4.10. The van der Waals surface area contributed by atoms with Crippen LogP contribution in [0.5, 0.6) is 0 Å². The van der Waals surface area contributed by atoms with Crippen molar-refractivity contribution >= 4 is 11.0 Å². The Hall–Kier alpha value is -2.36. The molecule has 1 heterocycles. The Morgan fingerprint density at radius 3 is 2.65 bits per heavy atom. The lowest BCUT2D eigenvalue weighted by molar-refractivity contribution is 0.564. The fraction of sp³-hybridized carbons (Fsp3) is 0.250. The van der Waals surface area contributed by atoms with Crippen LogP contribution in [0.3, 0.4) is 0 Å². The molecule has 1 aliphatic carbocycles. The van der Waals surface area contributed by atoms with E-state index in [0.29, 0.717) is 12.0 Å². The fourth-order valence-corrected chi connectivity index (χ4v) is 2.88. The molecule has 0 saturated heterocycles. The molecule has 1 saturated carbocycles. The van der Waals surface area contributed by atoms with Gasteiger partial charge in [-0.1, -0.05) is 42.5 Å². The third kappa shape index (κ3) is 1.76. The van der Waals surface area contributed by atoms with E-state index in [1.165, 1.54) is 12.0 Å². The van der Waals surface area contributed by atoms with Crippen LogP contribution >= 0.6 is 0 Å². The molecule has 0 unspecified atom stereocenters. The number of hydrogen-bond acceptors (Lipinski definition) is 3. The molecule has 0 radical (unpaired) electrons. The van der Waals surface area contributed by atoms with Crippen molar-refractivity contribution in [2.75, 3.05) is 12.1 Å². The molecule has 4 heteroatoms. The monoisotopic (exact) mass is 264 g/mol. The van der Waals surface area contributed by atoms with Gasteiger partial charge in [-0.05, 0) is 29.3 Å². The van der Waals surface area contributed by atoms with Gasteiger partial charge in [0.05, 0.1) is 6.04 Å². The minimum absolute atomic E-state index is 0.502. The highest BCUT2D eigenvalue weighted by Gasteiger charge is 2.42. The first-order valence-electron chi connectivity index (χ1n) is 6.93. The molecular formula is C16H16N4. The van der Waals surface area contributed by atoms with Crippen LogP contribution < -0.4 is 5.01 Å². The standard InChI is InChI=1S/C16H16N4/c1-19(16-11-13(16)12-7-3-2-4-8-12)20-15-10-6-5-9-14(15)17-18-20/h2-10,13,16H,11H2,1H3/t13-,16+/m0/s1. The maximum Gasteiger partial charge on any atom is 0.115 e. The zero-order chi connectivity index (χ0) is 13.5. The topological polar surface area (TPSA) is 34.0 Å². The second kappa shape index (κ2) is 4.34. The zero-order valence-corrected chi connectivity index (χ0v) is 11.3. The number of fused-ring (bicyclic) bond motifs is 1. The molecule has 0 amide bonds. The molecule has 3 aromatic rings. The third-order valence-corrected chi connectivity index (χ3v) is 4.10. The summed E-state index contributed by atoms with van der Waals surface area (Å²) in [6.45, 7) is 0. The highest BCUT2D eigenvalue weighted by atomic mass is 15.7. The van der Waals surface area contributed by atoms with Crippen molar-refractivity contribution in [3.05, 3.63) is 60.2 Å². The molecule has 1 aliphatic rings. The van der Waals surface area contributed by atoms with Crippen molar-refractivity contribution < 1.29 is 0 Å². The predicted molar refractivity (Wildman–Crippen MR) is 79.3 cm³/mol. The van der Waals surface area contributed by atoms with E-state index < -0.39 is 0 Å². The lowest BCUT2D eigenvalue weighted by atomic mass is 10.1. The van der Waals surface area contributed by atoms with Gasteiger partial charge in [-0.15, -0.1) is 5.10 Å². The van der Waals surface area contributed by atoms with Crippen LogP contribution in [0, 0.1) is 0 Å². The average Bonchev–Trinajstić information content (AvgIpc) is 3.20. The summed E-state index contributed by atoms with van der Waals surface area (Å²) in [4.78, 5) is 1.92. The number of para-hydroxylation sites is 1. The van der Waals surface area contributed by atoms with Crippen LogP contribution in [0.4, 0.5) is 0 Å². The minimum Gasteiger partial charge on any atom is -0.294 e. The number of aromatic nitrogens is 3. The Balaban J connectivity index is 1.61. The molecular weight excluding hydrogens is 248 g/mol. The molecule has 1 aromatic heterocycles. The van der Waals surface area contributed by atoms with Crippen LogP contribution in [0.1, 0.15) is 17.9 Å². The van der Waals surface area contributed by atoms with Crippen LogP contribution in [0.25, 0.3) is 11.0 Å². The average molecular weight is 264 g/mol. The van der Waals surface area contributed by atoms with E-state index in [-0.39, 0.29) is 0 Å². The van der Waals surface area contributed by atoms with Gasteiger partial charge < -0.3 is 0 Å². The number of rotatable bonds is 3. The summed E-state index contributed by atoms with van der Waals surface area (Å²) < 4.78 is 0. The maximum absolute atomic E-state index is 4.28. The summed E-state index contributed by atoms with van der Waals surface area (Å²) in [7, 11) is 2.09. The van der Waals surface area contributed by atoms with Crippen molar-refractivity contribution in [3.63, 3.8) is 0 Å². The van der Waals surface area contributed by atoms with Gasteiger partial charge in [0.2, 0.25) is 0 Å². The fourth-order valence-electron chi connectivity index (χ4n) is 2.88. The number of benzene rings is 2. The summed E-state index contributed by atoms with van der Waals surface area (Å²) >= 11 is 0. The molecule has 4 rings (SSSR count). The molecule has 4 nitrogen and oxygen atoms in total. The number of likely N-dealkylation sites (N-methyl/N-ethyl adjacent to an activating group) is 1. The molecule has 0 N–H and O–H groups in total. The lowest BCUT2D eigenvalue weighted by Crippen LogP contribution is -2.34. The Morgan fingerprint density at radius 1 is 1.05 bits per heavy atom. The SMILES string of the molecule is CN([C@@H]1C[C@H]1c1ccccc1)n1nnc2ccccc21. The van der Waals surface area contributed by atoms with E-state index in [9.17, 15) is 0 Å². The summed E-state index contributed by atoms with van der Waals surface area (Å²) in [6.07, 6.45) is 1.18. The second-order valence-electron chi connectivity index (χ2n) is 5.36. The van der Waals surface area contributed by atoms with Gasteiger partial charge in [-0.25, -0.2) is 0 Å². The van der Waals surface area contributed by atoms with Gasteiger partial charge in [-0.3, -0.25) is 5.01 Å². The number of hydrogen-bond donors (Lipinski definition) is 0. The minimum atomic E-state index is 0.502. The first-order valence-corrected chi connectivity index (χ1v) is 6.93. The van der Waals surface area contributed by atoms with E-state index in [4.69, 9.17) is 0 Å². The molecule has 0 bridgehead atoms. The van der Waals surface area contributed by atoms with Crippen molar-refractivity contribution in [1.29, 1.82) is 0 Å². The normalized spacial score (nSPS) is 21.1. The Bertz CT molecular complexity index is 734. The smallest absolute Gasteiger partial charge is 0.115 e. The van der Waals surface area contributed by atoms with E-state index >= 15 is 0 Å². The van der Waals surface area contributed by atoms with Crippen molar-refractivity contribution in [2.24, 2.45) is 0 Å². The van der Waals surface area contributed by atoms with E-state index in [1.807, 2.05) is 23.0 Å². The quantitative estimate of drug-likeness (QED) is 0.729. The molecule has 1 fully saturated rings. The lowest BCUT2D eigenvalue weighted by Gasteiger charge is -2.19. The zero-order valence-electron chi connectivity index (χ0n) is 11.3. The summed E-state index contributed by atoms with van der Waals surface area (Å²) in [5, 5.41) is 10.7. The molecule has 2 atom stereocenters. The van der Waals surface area contributed by atoms with Crippen LogP contribution in [0.2, 0.25) is 0 Å². The molecule has 100 valence electrons. The van der Waals surface area contributed by atoms with Crippen LogP contribution in [-0.2, 0) is 0 Å². The van der Waals surface area contributed by atoms with E-state index in [1.54, 1.807) is 0 Å². The summed E-state index contributed by atoms with van der Waals surface area (Å²) in [5.74, 6) is 0.601. The molecule has 0 aliphatic heterocycles. The Kier molecular flexibility index (Phi) is 2.49. The van der Waals surface area contributed by atoms with E-state index in [2.05, 4.69) is 58.8 Å². The van der Waals surface area contributed by atoms with Crippen LogP contribution in [0.15, 0.2) is 54.6 Å². The summed E-state index contributed by atoms with van der Waals surface area (Å²) in [6, 6.07) is 19.3. The molecule has 0 spiro atoms.